The van der Waals surface area contributed by atoms with Gasteiger partial charge in [0, 0.05) is 10.5 Å². The number of hydrogen-bond acceptors (Lipinski definition) is 4. The molecule has 0 aliphatic rings. The van der Waals surface area contributed by atoms with Crippen molar-refractivity contribution in [2.75, 3.05) is 0 Å². The highest BCUT2D eigenvalue weighted by molar-refractivity contribution is 7.09. The minimum atomic E-state index is 0.339. The molecule has 0 radical (unpaired) electrons. The Kier molecular flexibility index (Phi) is 2.40. The van der Waals surface area contributed by atoms with Crippen LogP contribution in [-0.4, -0.2) is 9.36 Å². The maximum absolute atomic E-state index is 8.20. The van der Waals surface area contributed by atoms with Crippen LogP contribution in [0, 0.1) is 0 Å². The fourth-order valence-corrected chi connectivity index (χ4v) is 1.51. The predicted octanol–water partition coefficient (Wildman–Crippen LogP) is 3.15. The molecule has 14 heavy (non-hydrogen) atoms. The third-order valence-electron chi connectivity index (χ3n) is 1.58. The Morgan fingerprint density at radius 1 is 1.29 bits per heavy atom. The molecule has 0 fully saturated rings. The summed E-state index contributed by atoms with van der Waals surface area (Å²) in [5.74, 6) is 0.595. The summed E-state index contributed by atoms with van der Waals surface area (Å²) in [5.41, 5.74) is 9.12. The van der Waals surface area contributed by atoms with E-state index in [1.165, 1.54) is 0 Å². The average molecular weight is 203 g/mol. The summed E-state index contributed by atoms with van der Waals surface area (Å²) in [6.07, 6.45) is 0. The first-order chi connectivity index (χ1) is 6.90. The zero-order chi connectivity index (χ0) is 9.80. The molecule has 0 aliphatic carbocycles. The number of aromatic nitrogens is 2. The Labute approximate surface area is 83.8 Å². The summed E-state index contributed by atoms with van der Waals surface area (Å²) in [7, 11) is 0. The van der Waals surface area contributed by atoms with E-state index < -0.39 is 0 Å². The van der Waals surface area contributed by atoms with Crippen LogP contribution in [-0.2, 0) is 0 Å². The lowest BCUT2D eigenvalue weighted by Crippen LogP contribution is -1.77. The highest BCUT2D eigenvalue weighted by atomic mass is 32.1. The topological polar surface area (TPSA) is 74.5 Å². The number of hydrogen-bond donors (Lipinski definition) is 0. The molecule has 2 rings (SSSR count). The van der Waals surface area contributed by atoms with Crippen LogP contribution >= 0.6 is 11.5 Å². The van der Waals surface area contributed by atoms with E-state index in [0.29, 0.717) is 11.0 Å². The Balaban J connectivity index is 2.39. The van der Waals surface area contributed by atoms with Gasteiger partial charge in [-0.1, -0.05) is 30.3 Å². The van der Waals surface area contributed by atoms with E-state index in [-0.39, 0.29) is 0 Å². The van der Waals surface area contributed by atoms with Gasteiger partial charge in [0.1, 0.15) is 0 Å². The van der Waals surface area contributed by atoms with E-state index in [4.69, 9.17) is 5.53 Å². The molecule has 0 bridgehead atoms. The van der Waals surface area contributed by atoms with E-state index in [9.17, 15) is 0 Å². The normalized spacial score (nSPS) is 9.43. The first-order valence-corrected chi connectivity index (χ1v) is 4.62. The lowest BCUT2D eigenvalue weighted by molar-refractivity contribution is 1.29. The van der Waals surface area contributed by atoms with Crippen molar-refractivity contribution in [1.82, 2.24) is 9.36 Å². The molecule has 0 saturated heterocycles. The van der Waals surface area contributed by atoms with E-state index in [2.05, 4.69) is 19.4 Å². The van der Waals surface area contributed by atoms with Crippen molar-refractivity contribution in [3.05, 3.63) is 40.8 Å². The lowest BCUT2D eigenvalue weighted by atomic mass is 10.2. The predicted molar refractivity (Wildman–Crippen MR) is 54.2 cm³/mol. The van der Waals surface area contributed by atoms with E-state index >= 15 is 0 Å². The van der Waals surface area contributed by atoms with Gasteiger partial charge in [-0.15, -0.1) is 0 Å². The van der Waals surface area contributed by atoms with Crippen molar-refractivity contribution in [3.63, 3.8) is 0 Å². The van der Waals surface area contributed by atoms with Crippen LogP contribution in [0.25, 0.3) is 21.8 Å². The van der Waals surface area contributed by atoms with Gasteiger partial charge in [-0.3, -0.25) is 0 Å². The van der Waals surface area contributed by atoms with E-state index in [1.807, 2.05) is 30.3 Å². The highest BCUT2D eigenvalue weighted by Gasteiger charge is 2.03. The van der Waals surface area contributed by atoms with Crippen molar-refractivity contribution in [2.45, 2.75) is 0 Å². The van der Waals surface area contributed by atoms with E-state index in [0.717, 1.165) is 17.1 Å². The molecule has 1 heterocycles. The van der Waals surface area contributed by atoms with Crippen LogP contribution in [0.3, 0.4) is 0 Å². The number of nitrogens with zero attached hydrogens (tertiary/aromatic N) is 5. The van der Waals surface area contributed by atoms with Gasteiger partial charge in [-0.05, 0) is 22.2 Å². The summed E-state index contributed by atoms with van der Waals surface area (Å²) in [5, 5.41) is 3.72. The minimum Gasteiger partial charge on any atom is -0.213 e. The Morgan fingerprint density at radius 3 is 2.79 bits per heavy atom. The van der Waals surface area contributed by atoms with Crippen LogP contribution < -0.4 is 0 Å². The molecular weight excluding hydrogens is 198 g/mol. The summed E-state index contributed by atoms with van der Waals surface area (Å²) in [6, 6.07) is 9.54. The standard InChI is InChI=1S/C8H5N5S/c9-13-11-8-10-7(12-14-8)6-4-2-1-3-5-6/h1-5H. The van der Waals surface area contributed by atoms with E-state index in [1.54, 1.807) is 0 Å². The number of azide groups is 1. The molecule has 0 saturated carbocycles. The molecule has 2 aromatic rings. The molecule has 1 aromatic heterocycles. The van der Waals surface area contributed by atoms with Crippen molar-refractivity contribution < 1.29 is 0 Å². The Bertz CT molecular complexity index is 471. The second kappa shape index (κ2) is 3.87. The Morgan fingerprint density at radius 2 is 2.07 bits per heavy atom. The van der Waals surface area contributed by atoms with Gasteiger partial charge in [0.2, 0.25) is 5.13 Å². The molecule has 68 valence electrons. The van der Waals surface area contributed by atoms with Gasteiger partial charge in [0.15, 0.2) is 5.82 Å². The Hall–Kier alpha value is -1.91. The quantitative estimate of drug-likeness (QED) is 0.427. The minimum absolute atomic E-state index is 0.339. The van der Waals surface area contributed by atoms with Crippen LogP contribution in [0.1, 0.15) is 0 Å². The number of benzene rings is 1. The first-order valence-electron chi connectivity index (χ1n) is 3.84. The molecule has 0 unspecified atom stereocenters. The molecule has 5 nitrogen and oxygen atoms in total. The average Bonchev–Trinajstić information content (AvgIpc) is 2.68. The zero-order valence-corrected chi connectivity index (χ0v) is 7.85. The van der Waals surface area contributed by atoms with Gasteiger partial charge in [0.25, 0.3) is 0 Å². The second-order valence-corrected chi connectivity index (χ2v) is 3.19. The zero-order valence-electron chi connectivity index (χ0n) is 7.03. The molecule has 0 amide bonds. The summed E-state index contributed by atoms with van der Waals surface area (Å²) >= 11 is 1.09. The van der Waals surface area contributed by atoms with Crippen LogP contribution in [0.4, 0.5) is 5.13 Å². The fraction of sp³-hybridized carbons (Fsp3) is 0. The molecule has 0 N–H and O–H groups in total. The maximum atomic E-state index is 8.20. The molecular formula is C8H5N5S. The molecule has 1 aromatic carbocycles. The van der Waals surface area contributed by atoms with Gasteiger partial charge >= 0.3 is 0 Å². The van der Waals surface area contributed by atoms with Crippen molar-refractivity contribution in [1.29, 1.82) is 0 Å². The summed E-state index contributed by atoms with van der Waals surface area (Å²) < 4.78 is 4.07. The van der Waals surface area contributed by atoms with Crippen LogP contribution in [0.15, 0.2) is 35.4 Å². The summed E-state index contributed by atoms with van der Waals surface area (Å²) in [6.45, 7) is 0. The van der Waals surface area contributed by atoms with Crippen LogP contribution in [0.2, 0.25) is 0 Å². The second-order valence-electron chi connectivity index (χ2n) is 2.46. The van der Waals surface area contributed by atoms with Crippen LogP contribution in [0.5, 0.6) is 0 Å². The largest absolute Gasteiger partial charge is 0.213 e. The third-order valence-corrected chi connectivity index (χ3v) is 2.18. The van der Waals surface area contributed by atoms with Gasteiger partial charge < -0.3 is 0 Å². The van der Waals surface area contributed by atoms with Crippen molar-refractivity contribution in [2.24, 2.45) is 5.11 Å². The summed E-state index contributed by atoms with van der Waals surface area (Å²) in [4.78, 5) is 6.70. The smallest absolute Gasteiger partial charge is 0.200 e. The molecule has 6 heteroatoms. The van der Waals surface area contributed by atoms with Gasteiger partial charge in [-0.2, -0.15) is 4.37 Å². The SMILES string of the molecule is [N-]=[N+]=Nc1nc(-c2ccccc2)ns1. The maximum Gasteiger partial charge on any atom is 0.200 e. The molecule has 0 aliphatic heterocycles. The fourth-order valence-electron chi connectivity index (χ4n) is 0.999. The molecule has 0 atom stereocenters. The lowest BCUT2D eigenvalue weighted by Gasteiger charge is -1.91. The van der Waals surface area contributed by atoms with Gasteiger partial charge in [0.05, 0.1) is 0 Å². The van der Waals surface area contributed by atoms with Gasteiger partial charge in [-0.25, -0.2) is 4.98 Å². The monoisotopic (exact) mass is 203 g/mol. The first kappa shape index (κ1) is 8.68. The number of rotatable bonds is 2. The van der Waals surface area contributed by atoms with Crippen molar-refractivity contribution >= 4 is 16.7 Å². The third kappa shape index (κ3) is 1.71. The highest BCUT2D eigenvalue weighted by Crippen LogP contribution is 2.22. The molecule has 0 spiro atoms. The van der Waals surface area contributed by atoms with Crippen molar-refractivity contribution in [3.8, 4) is 11.4 Å².